The number of imidazole rings is 1. The van der Waals surface area contributed by atoms with E-state index in [4.69, 9.17) is 25.8 Å². The van der Waals surface area contributed by atoms with Gasteiger partial charge in [0.15, 0.2) is 0 Å². The monoisotopic (exact) mass is 734 g/mol. The van der Waals surface area contributed by atoms with Crippen LogP contribution < -0.4 is 14.2 Å². The van der Waals surface area contributed by atoms with Crippen LogP contribution in [-0.2, 0) is 26.3 Å². The van der Waals surface area contributed by atoms with Crippen LogP contribution in [0.5, 0.6) is 17.2 Å². The molecule has 1 aliphatic rings. The van der Waals surface area contributed by atoms with Crippen molar-refractivity contribution in [2.75, 3.05) is 33.3 Å². The Labute approximate surface area is 316 Å². The summed E-state index contributed by atoms with van der Waals surface area (Å²) < 4.78 is 19.0. The molecular weight excluding hydrogens is 688 g/mol. The first kappa shape index (κ1) is 37.8. The summed E-state index contributed by atoms with van der Waals surface area (Å²) in [6, 6.07) is 20.1. The summed E-state index contributed by atoms with van der Waals surface area (Å²) in [6.45, 7) is 11.1. The Balaban J connectivity index is 1.17. The van der Waals surface area contributed by atoms with Crippen molar-refractivity contribution in [3.05, 3.63) is 123 Å². The lowest BCUT2D eigenvalue weighted by Crippen LogP contribution is -2.24. The number of hydrogen-bond donors (Lipinski definition) is 2. The molecule has 0 aliphatic carbocycles. The number of H-pyrrole nitrogens is 1. The minimum Gasteiger partial charge on any atom is -0.493 e. The van der Waals surface area contributed by atoms with Crippen molar-refractivity contribution in [3.63, 3.8) is 0 Å². The molecule has 1 unspecified atom stereocenters. The predicted octanol–water partition coefficient (Wildman–Crippen LogP) is 7.55. The first-order chi connectivity index (χ1) is 25.7. The van der Waals surface area contributed by atoms with E-state index in [9.17, 15) is 10.4 Å². The zero-order valence-electron chi connectivity index (χ0n) is 30.9. The van der Waals surface area contributed by atoms with E-state index in [0.29, 0.717) is 48.4 Å². The predicted molar refractivity (Wildman–Crippen MR) is 206 cm³/mol. The van der Waals surface area contributed by atoms with E-state index in [1.165, 1.54) is 6.20 Å². The molecular formula is C42H47ClN6O4. The van der Waals surface area contributed by atoms with Gasteiger partial charge < -0.3 is 29.2 Å². The van der Waals surface area contributed by atoms with Gasteiger partial charge in [-0.15, -0.1) is 0 Å². The van der Waals surface area contributed by atoms with Gasteiger partial charge in [-0.3, -0.25) is 9.88 Å². The normalized spacial score (nSPS) is 14.4. The second-order valence-electron chi connectivity index (χ2n) is 13.8. The Morgan fingerprint density at radius 3 is 2.49 bits per heavy atom. The molecule has 1 aliphatic heterocycles. The number of pyridine rings is 1. The van der Waals surface area contributed by atoms with Crippen molar-refractivity contribution in [1.29, 1.82) is 5.26 Å². The molecule has 1 saturated heterocycles. The van der Waals surface area contributed by atoms with Crippen LogP contribution >= 0.6 is 11.6 Å². The molecule has 2 N–H and O–H groups in total. The zero-order chi connectivity index (χ0) is 37.3. The van der Waals surface area contributed by atoms with E-state index in [1.54, 1.807) is 12.3 Å². The number of aryl methyl sites for hydroxylation is 1. The average Bonchev–Trinajstić information content (AvgIpc) is 3.76. The highest BCUT2D eigenvalue weighted by atomic mass is 35.5. The molecule has 3 aromatic carbocycles. The van der Waals surface area contributed by atoms with Gasteiger partial charge in [-0.2, -0.15) is 5.26 Å². The summed E-state index contributed by atoms with van der Waals surface area (Å²) in [5.41, 5.74) is 8.57. The number of aromatic nitrogens is 3. The summed E-state index contributed by atoms with van der Waals surface area (Å²) >= 11 is 6.88. The van der Waals surface area contributed by atoms with Crippen molar-refractivity contribution >= 4 is 11.6 Å². The smallest absolute Gasteiger partial charge is 0.142 e. The molecule has 0 spiro atoms. The SMILES string of the molecule is Cc1c[nH]c(CN(C)Cc2cc(Cl)c(OCc3cccc(-c4cccc(OCCCN5CCC(O)C5)c4C)c3C)cc2OCc2cncc(C#N)c2)n1. The Morgan fingerprint density at radius 2 is 1.74 bits per heavy atom. The lowest BCUT2D eigenvalue weighted by molar-refractivity contribution is 0.173. The first-order valence-corrected chi connectivity index (χ1v) is 18.4. The van der Waals surface area contributed by atoms with Gasteiger partial charge in [0, 0.05) is 62.0 Å². The van der Waals surface area contributed by atoms with Gasteiger partial charge in [-0.05, 0) is 86.7 Å². The number of aliphatic hydroxyl groups excluding tert-OH is 1. The van der Waals surface area contributed by atoms with Crippen molar-refractivity contribution in [2.45, 2.75) is 66.0 Å². The van der Waals surface area contributed by atoms with Crippen molar-refractivity contribution < 1.29 is 19.3 Å². The van der Waals surface area contributed by atoms with E-state index in [0.717, 1.165) is 88.7 Å². The topological polar surface area (TPSA) is 120 Å². The second kappa shape index (κ2) is 17.7. The van der Waals surface area contributed by atoms with E-state index in [2.05, 4.69) is 68.9 Å². The highest BCUT2D eigenvalue weighted by molar-refractivity contribution is 6.32. The summed E-state index contributed by atoms with van der Waals surface area (Å²) in [5, 5.41) is 19.6. The molecule has 0 saturated carbocycles. The number of benzene rings is 3. The number of likely N-dealkylation sites (tertiary alicyclic amines) is 1. The molecule has 276 valence electrons. The molecule has 0 radical (unpaired) electrons. The van der Waals surface area contributed by atoms with Crippen LogP contribution in [0.15, 0.2) is 73.2 Å². The van der Waals surface area contributed by atoms with E-state index >= 15 is 0 Å². The van der Waals surface area contributed by atoms with Crippen LogP contribution in [0, 0.1) is 32.1 Å². The number of hydrogen-bond acceptors (Lipinski definition) is 9. The van der Waals surface area contributed by atoms with Crippen molar-refractivity contribution in [3.8, 4) is 34.4 Å². The quantitative estimate of drug-likeness (QED) is 0.0991. The highest BCUT2D eigenvalue weighted by Crippen LogP contribution is 2.37. The molecule has 0 amide bonds. The number of aromatic amines is 1. The molecule has 11 heteroatoms. The Kier molecular flexibility index (Phi) is 12.7. The zero-order valence-corrected chi connectivity index (χ0v) is 31.6. The van der Waals surface area contributed by atoms with Gasteiger partial charge >= 0.3 is 0 Å². The van der Waals surface area contributed by atoms with Crippen LogP contribution in [0.2, 0.25) is 5.02 Å². The van der Waals surface area contributed by atoms with Crippen LogP contribution in [0.3, 0.4) is 0 Å². The van der Waals surface area contributed by atoms with Crippen molar-refractivity contribution in [2.24, 2.45) is 0 Å². The maximum Gasteiger partial charge on any atom is 0.142 e. The van der Waals surface area contributed by atoms with E-state index in [1.807, 2.05) is 44.4 Å². The molecule has 0 bridgehead atoms. The highest BCUT2D eigenvalue weighted by Gasteiger charge is 2.20. The van der Waals surface area contributed by atoms with Crippen LogP contribution in [0.4, 0.5) is 0 Å². The molecule has 1 fully saturated rings. The van der Waals surface area contributed by atoms with Crippen LogP contribution in [0.1, 0.15) is 57.7 Å². The summed E-state index contributed by atoms with van der Waals surface area (Å²) in [6.07, 6.45) is 6.67. The van der Waals surface area contributed by atoms with Crippen LogP contribution in [0.25, 0.3) is 11.1 Å². The Bertz CT molecular complexity index is 2060. The third kappa shape index (κ3) is 9.95. The largest absolute Gasteiger partial charge is 0.493 e. The first-order valence-electron chi connectivity index (χ1n) is 18.0. The van der Waals surface area contributed by atoms with Crippen molar-refractivity contribution in [1.82, 2.24) is 24.8 Å². The molecule has 2 aromatic heterocycles. The van der Waals surface area contributed by atoms with Gasteiger partial charge in [0.1, 0.15) is 42.4 Å². The third-order valence-electron chi connectivity index (χ3n) is 9.58. The van der Waals surface area contributed by atoms with Crippen LogP contribution in [-0.4, -0.2) is 69.3 Å². The number of aliphatic hydroxyl groups is 1. The van der Waals surface area contributed by atoms with Gasteiger partial charge in [-0.1, -0.05) is 41.9 Å². The van der Waals surface area contributed by atoms with Gasteiger partial charge in [0.05, 0.1) is 35.5 Å². The number of nitrogens with zero attached hydrogens (tertiary/aromatic N) is 5. The standard InChI is InChI=1S/C42H47ClN6O4/c1-28-20-46-42(47-28)25-48(4)23-34-17-38(43)41(18-40(34)52-26-32-16-31(19-44)21-45-22-32)53-27-33-8-5-9-36(29(33)2)37-10-6-11-39(30(37)3)51-15-7-13-49-14-12-35(50)24-49/h5-6,8-11,16-18,20-22,35,50H,7,12-15,23-27H2,1-4H3,(H,46,47). The molecule has 10 nitrogen and oxygen atoms in total. The van der Waals surface area contributed by atoms with E-state index < -0.39 is 0 Å². The van der Waals surface area contributed by atoms with Gasteiger partial charge in [-0.25, -0.2) is 4.98 Å². The Hall–Kier alpha value is -4.92. The summed E-state index contributed by atoms with van der Waals surface area (Å²) in [5.74, 6) is 2.90. The minimum atomic E-state index is -0.202. The second-order valence-corrected chi connectivity index (χ2v) is 14.2. The number of nitriles is 1. The maximum absolute atomic E-state index is 9.81. The maximum atomic E-state index is 9.81. The number of β-amino-alcohol motifs (C(OH)–C–C–N with tert-alkyl or cyclic N) is 1. The Morgan fingerprint density at radius 1 is 0.943 bits per heavy atom. The fourth-order valence-corrected chi connectivity index (χ4v) is 6.96. The summed E-state index contributed by atoms with van der Waals surface area (Å²) in [4.78, 5) is 16.4. The third-order valence-corrected chi connectivity index (χ3v) is 9.87. The molecule has 6 rings (SSSR count). The number of nitrogens with one attached hydrogen (secondary N) is 1. The average molecular weight is 735 g/mol. The molecule has 53 heavy (non-hydrogen) atoms. The lowest BCUT2D eigenvalue weighted by atomic mass is 9.93. The fraction of sp³-hybridized carbons (Fsp3) is 0.357. The number of ether oxygens (including phenoxy) is 3. The van der Waals surface area contributed by atoms with E-state index in [-0.39, 0.29) is 12.7 Å². The number of rotatable bonds is 16. The van der Waals surface area contributed by atoms with Gasteiger partial charge in [0.2, 0.25) is 0 Å². The summed E-state index contributed by atoms with van der Waals surface area (Å²) in [7, 11) is 2.02. The minimum absolute atomic E-state index is 0.202. The molecule has 1 atom stereocenters. The fourth-order valence-electron chi connectivity index (χ4n) is 6.72. The number of halogens is 1. The van der Waals surface area contributed by atoms with Gasteiger partial charge in [0.25, 0.3) is 0 Å². The lowest BCUT2D eigenvalue weighted by Gasteiger charge is -2.20. The molecule has 3 heterocycles. The molecule has 5 aromatic rings.